The highest BCUT2D eigenvalue weighted by Gasteiger charge is 2.22. The van der Waals surface area contributed by atoms with Gasteiger partial charge in [0.2, 0.25) is 5.91 Å². The molecule has 1 fully saturated rings. The maximum absolute atomic E-state index is 11.9. The van der Waals surface area contributed by atoms with Crippen molar-refractivity contribution in [1.82, 2.24) is 10.6 Å². The summed E-state index contributed by atoms with van der Waals surface area (Å²) < 4.78 is 5.26. The Labute approximate surface area is 132 Å². The molecule has 1 aromatic carbocycles. The normalized spacial score (nSPS) is 17.5. The summed E-state index contributed by atoms with van der Waals surface area (Å²) in [6.07, 6.45) is 1.29. The minimum absolute atomic E-state index is 0.137. The average molecular weight is 331 g/mol. The molecule has 0 aliphatic carbocycles. The van der Waals surface area contributed by atoms with Gasteiger partial charge in [-0.2, -0.15) is 0 Å². The summed E-state index contributed by atoms with van der Waals surface area (Å²) in [6, 6.07) is 4.69. The highest BCUT2D eigenvalue weighted by atomic mass is 35.5. The molecule has 1 aliphatic heterocycles. The molecule has 5 nitrogen and oxygen atoms in total. The molecule has 1 aromatic rings. The number of benzene rings is 1. The van der Waals surface area contributed by atoms with Crippen molar-refractivity contribution < 1.29 is 14.3 Å². The first-order valence-electron chi connectivity index (χ1n) is 6.70. The lowest BCUT2D eigenvalue weighted by molar-refractivity contribution is -0.129. The topological polar surface area (TPSA) is 67.4 Å². The number of carbonyl (C=O) groups excluding carboxylic acids is 2. The summed E-state index contributed by atoms with van der Waals surface area (Å²) in [5, 5.41) is 6.17. The minimum Gasteiger partial charge on any atom is -0.368 e. The smallest absolute Gasteiger partial charge is 0.252 e. The van der Waals surface area contributed by atoms with Crippen LogP contribution in [-0.4, -0.2) is 37.6 Å². The van der Waals surface area contributed by atoms with Crippen molar-refractivity contribution in [2.75, 3.05) is 19.7 Å². The third kappa shape index (κ3) is 4.59. The first kappa shape index (κ1) is 16.1. The Bertz CT molecular complexity index is 531. The van der Waals surface area contributed by atoms with E-state index in [9.17, 15) is 9.59 Å². The van der Waals surface area contributed by atoms with Crippen molar-refractivity contribution in [3.05, 3.63) is 33.8 Å². The van der Waals surface area contributed by atoms with E-state index >= 15 is 0 Å². The fourth-order valence-electron chi connectivity index (χ4n) is 2.03. The maximum Gasteiger partial charge on any atom is 0.252 e. The van der Waals surface area contributed by atoms with Crippen LogP contribution in [0.25, 0.3) is 0 Å². The van der Waals surface area contributed by atoms with Gasteiger partial charge in [-0.3, -0.25) is 9.59 Å². The standard InChI is InChI=1S/C14H16Cl2N2O3/c15-9-3-4-11(16)10(8-9)13(19)17-5-6-18-14(20)12-2-1-7-21-12/h3-4,8,12H,1-2,5-7H2,(H,17,19)(H,18,20). The van der Waals surface area contributed by atoms with Crippen molar-refractivity contribution in [3.8, 4) is 0 Å². The summed E-state index contributed by atoms with van der Waals surface area (Å²) in [7, 11) is 0. The van der Waals surface area contributed by atoms with Crippen molar-refractivity contribution in [1.29, 1.82) is 0 Å². The van der Waals surface area contributed by atoms with Crippen LogP contribution < -0.4 is 10.6 Å². The fourth-order valence-corrected chi connectivity index (χ4v) is 2.40. The minimum atomic E-state index is -0.358. The van der Waals surface area contributed by atoms with Crippen molar-refractivity contribution in [2.24, 2.45) is 0 Å². The number of hydrogen-bond acceptors (Lipinski definition) is 3. The Balaban J connectivity index is 1.74. The molecule has 0 spiro atoms. The van der Waals surface area contributed by atoms with E-state index in [4.69, 9.17) is 27.9 Å². The zero-order valence-electron chi connectivity index (χ0n) is 11.3. The van der Waals surface area contributed by atoms with E-state index in [1.54, 1.807) is 12.1 Å². The van der Waals surface area contributed by atoms with Crippen LogP contribution >= 0.6 is 23.2 Å². The molecule has 0 radical (unpaired) electrons. The molecular formula is C14H16Cl2N2O3. The number of ether oxygens (including phenoxy) is 1. The molecular weight excluding hydrogens is 315 g/mol. The monoisotopic (exact) mass is 330 g/mol. The van der Waals surface area contributed by atoms with E-state index in [1.807, 2.05) is 0 Å². The average Bonchev–Trinajstić information content (AvgIpc) is 3.00. The number of hydrogen-bond donors (Lipinski definition) is 2. The van der Waals surface area contributed by atoms with Crippen LogP contribution in [0, 0.1) is 0 Å². The van der Waals surface area contributed by atoms with Gasteiger partial charge >= 0.3 is 0 Å². The van der Waals surface area contributed by atoms with Crippen LogP contribution in [0.1, 0.15) is 23.2 Å². The predicted octanol–water partition coefficient (Wildman–Crippen LogP) is 2.02. The number of carbonyl (C=O) groups is 2. The van der Waals surface area contributed by atoms with Gasteiger partial charge in [0.1, 0.15) is 6.10 Å². The number of halogens is 2. The molecule has 21 heavy (non-hydrogen) atoms. The SMILES string of the molecule is O=C(NCCNC(=O)C1CCCO1)c1cc(Cl)ccc1Cl. The number of nitrogens with one attached hydrogen (secondary N) is 2. The first-order valence-corrected chi connectivity index (χ1v) is 7.46. The van der Waals surface area contributed by atoms with Crippen LogP contribution in [0.2, 0.25) is 10.0 Å². The van der Waals surface area contributed by atoms with E-state index in [0.29, 0.717) is 35.3 Å². The number of amides is 2. The van der Waals surface area contributed by atoms with Crippen LogP contribution in [0.4, 0.5) is 0 Å². The molecule has 7 heteroatoms. The molecule has 1 saturated heterocycles. The van der Waals surface area contributed by atoms with Crippen molar-refractivity contribution in [3.63, 3.8) is 0 Å². The molecule has 1 aliphatic rings. The Morgan fingerprint density at radius 3 is 2.71 bits per heavy atom. The van der Waals surface area contributed by atoms with Crippen molar-refractivity contribution in [2.45, 2.75) is 18.9 Å². The van der Waals surface area contributed by atoms with Gasteiger partial charge < -0.3 is 15.4 Å². The largest absolute Gasteiger partial charge is 0.368 e. The molecule has 0 saturated carbocycles. The molecule has 2 N–H and O–H groups in total. The molecule has 0 aromatic heterocycles. The third-order valence-corrected chi connectivity index (χ3v) is 3.67. The second kappa shape index (κ2) is 7.64. The van der Waals surface area contributed by atoms with E-state index in [-0.39, 0.29) is 17.9 Å². The number of rotatable bonds is 5. The summed E-state index contributed by atoms with van der Waals surface area (Å²) in [5.74, 6) is -0.462. The van der Waals surface area contributed by atoms with E-state index in [1.165, 1.54) is 6.07 Å². The van der Waals surface area contributed by atoms with Crippen molar-refractivity contribution >= 4 is 35.0 Å². The summed E-state index contributed by atoms with van der Waals surface area (Å²) in [5.41, 5.74) is 0.314. The molecule has 1 unspecified atom stereocenters. The Morgan fingerprint density at radius 2 is 2.00 bits per heavy atom. The summed E-state index contributed by atoms with van der Waals surface area (Å²) in [6.45, 7) is 1.27. The van der Waals surface area contributed by atoms with Gasteiger partial charge in [0.05, 0.1) is 10.6 Å². The Kier molecular flexibility index (Phi) is 5.85. The molecule has 0 bridgehead atoms. The van der Waals surface area contributed by atoms with Gasteiger partial charge in [0.15, 0.2) is 0 Å². The Morgan fingerprint density at radius 1 is 1.24 bits per heavy atom. The molecule has 2 rings (SSSR count). The zero-order chi connectivity index (χ0) is 15.2. The van der Waals surface area contributed by atoms with Gasteiger partial charge in [0, 0.05) is 24.7 Å². The lowest BCUT2D eigenvalue weighted by atomic mass is 10.2. The highest BCUT2D eigenvalue weighted by molar-refractivity contribution is 6.35. The second-order valence-electron chi connectivity index (χ2n) is 4.67. The van der Waals surface area contributed by atoms with Crippen LogP contribution in [0.3, 0.4) is 0 Å². The molecule has 114 valence electrons. The van der Waals surface area contributed by atoms with Gasteiger partial charge in [0.25, 0.3) is 5.91 Å². The van der Waals surface area contributed by atoms with Gasteiger partial charge in [-0.25, -0.2) is 0 Å². The second-order valence-corrected chi connectivity index (χ2v) is 5.52. The quantitative estimate of drug-likeness (QED) is 0.811. The highest BCUT2D eigenvalue weighted by Crippen LogP contribution is 2.20. The van der Waals surface area contributed by atoms with E-state index in [2.05, 4.69) is 10.6 Å². The van der Waals surface area contributed by atoms with E-state index in [0.717, 1.165) is 12.8 Å². The van der Waals surface area contributed by atoms with Gasteiger partial charge in [-0.05, 0) is 31.0 Å². The van der Waals surface area contributed by atoms with Crippen LogP contribution in [0.15, 0.2) is 18.2 Å². The lowest BCUT2D eigenvalue weighted by Gasteiger charge is -2.11. The first-order chi connectivity index (χ1) is 10.1. The molecule has 1 atom stereocenters. The lowest BCUT2D eigenvalue weighted by Crippen LogP contribution is -2.39. The Hall–Kier alpha value is -1.30. The zero-order valence-corrected chi connectivity index (χ0v) is 12.8. The third-order valence-electron chi connectivity index (χ3n) is 3.10. The van der Waals surface area contributed by atoms with E-state index < -0.39 is 0 Å². The molecule has 2 amide bonds. The van der Waals surface area contributed by atoms with Crippen LogP contribution in [-0.2, 0) is 9.53 Å². The maximum atomic E-state index is 11.9. The summed E-state index contributed by atoms with van der Waals surface area (Å²) >= 11 is 11.8. The summed E-state index contributed by atoms with van der Waals surface area (Å²) in [4.78, 5) is 23.6. The fraction of sp³-hybridized carbons (Fsp3) is 0.429. The van der Waals surface area contributed by atoms with Gasteiger partial charge in [-0.15, -0.1) is 0 Å². The van der Waals surface area contributed by atoms with Gasteiger partial charge in [-0.1, -0.05) is 23.2 Å². The van der Waals surface area contributed by atoms with Crippen LogP contribution in [0.5, 0.6) is 0 Å². The predicted molar refractivity (Wildman–Crippen MR) is 80.8 cm³/mol. The molecule has 1 heterocycles.